The minimum atomic E-state index is -0.590. The zero-order valence-corrected chi connectivity index (χ0v) is 19.6. The summed E-state index contributed by atoms with van der Waals surface area (Å²) in [4.78, 5) is 32.0. The Labute approximate surface area is 188 Å². The summed E-state index contributed by atoms with van der Waals surface area (Å²) in [7, 11) is 0. The molecule has 6 nitrogen and oxygen atoms in total. The van der Waals surface area contributed by atoms with Gasteiger partial charge in [-0.15, -0.1) is 11.3 Å². The van der Waals surface area contributed by atoms with E-state index in [1.165, 1.54) is 17.4 Å². The molecule has 1 fully saturated rings. The van der Waals surface area contributed by atoms with Crippen LogP contribution in [0.4, 0.5) is 9.18 Å². The number of carbonyl (C=O) groups is 2. The Hall–Kier alpha value is -2.00. The first-order valence-corrected chi connectivity index (χ1v) is 11.5. The molecule has 1 atom stereocenters. The number of nitrogens with one attached hydrogen (secondary N) is 1. The van der Waals surface area contributed by atoms with Gasteiger partial charge in [0.05, 0.1) is 4.88 Å². The highest BCUT2D eigenvalue weighted by Crippen LogP contribution is 2.36. The van der Waals surface area contributed by atoms with Gasteiger partial charge in [-0.1, -0.05) is 18.2 Å². The number of amides is 2. The lowest BCUT2D eigenvalue weighted by molar-refractivity contribution is 0.0461. The Balaban J connectivity index is 1.80. The highest BCUT2D eigenvalue weighted by molar-refractivity contribution is 9.11. The maximum Gasteiger partial charge on any atom is 0.407 e. The number of likely N-dealkylation sites (tertiary alicyclic amines) is 1. The molecule has 0 spiro atoms. The molecule has 1 saturated heterocycles. The molecule has 1 aliphatic rings. The molecular weight excluding hydrogens is 473 g/mol. The second-order valence-electron chi connectivity index (χ2n) is 8.16. The van der Waals surface area contributed by atoms with Crippen LogP contribution in [0.2, 0.25) is 0 Å². The standard InChI is InChI=1S/C21H25BrFN3O3S/c1-21(2,3)29-20(28)24-12-13-8-6-7-11-26(13)18(27)16-17(30-19(22)25-16)14-9-4-5-10-15(14)23/h4-5,9-10,13H,6-8,11-12H2,1-3H3,(H,24,28). The van der Waals surface area contributed by atoms with Crippen LogP contribution < -0.4 is 5.32 Å². The Bertz CT molecular complexity index is 928. The van der Waals surface area contributed by atoms with E-state index in [4.69, 9.17) is 4.74 Å². The van der Waals surface area contributed by atoms with Gasteiger partial charge in [-0.2, -0.15) is 0 Å². The van der Waals surface area contributed by atoms with Crippen LogP contribution in [-0.2, 0) is 4.74 Å². The number of piperidine rings is 1. The van der Waals surface area contributed by atoms with E-state index < -0.39 is 17.5 Å². The van der Waals surface area contributed by atoms with Crippen LogP contribution in [0.25, 0.3) is 10.4 Å². The second-order valence-corrected chi connectivity index (χ2v) is 10.4. The number of benzene rings is 1. The summed E-state index contributed by atoms with van der Waals surface area (Å²) in [6.07, 6.45) is 2.09. The van der Waals surface area contributed by atoms with Crippen molar-refractivity contribution in [3.05, 3.63) is 39.7 Å². The number of carbonyl (C=O) groups excluding carboxylic acids is 2. The normalized spacial score (nSPS) is 17.0. The molecule has 1 aliphatic heterocycles. The fourth-order valence-corrected chi connectivity index (χ4v) is 4.87. The molecule has 0 bridgehead atoms. The van der Waals surface area contributed by atoms with E-state index in [2.05, 4.69) is 26.2 Å². The number of aromatic nitrogens is 1. The molecule has 0 saturated carbocycles. The minimum absolute atomic E-state index is 0.173. The van der Waals surface area contributed by atoms with Crippen molar-refractivity contribution in [2.75, 3.05) is 13.1 Å². The first kappa shape index (κ1) is 22.7. The van der Waals surface area contributed by atoms with Gasteiger partial charge < -0.3 is 15.0 Å². The number of ether oxygens (including phenoxy) is 1. The second kappa shape index (κ2) is 9.43. The molecule has 9 heteroatoms. The van der Waals surface area contributed by atoms with Gasteiger partial charge in [-0.25, -0.2) is 14.2 Å². The Morgan fingerprint density at radius 3 is 2.77 bits per heavy atom. The summed E-state index contributed by atoms with van der Waals surface area (Å²) in [5.41, 5.74) is -0.0149. The molecule has 2 amide bonds. The van der Waals surface area contributed by atoms with Crippen LogP contribution in [0.1, 0.15) is 50.5 Å². The fourth-order valence-electron chi connectivity index (χ4n) is 3.40. The number of hydrogen-bond donors (Lipinski definition) is 1. The third kappa shape index (κ3) is 5.57. The van der Waals surface area contributed by atoms with E-state index in [-0.39, 0.29) is 17.6 Å². The Morgan fingerprint density at radius 2 is 2.07 bits per heavy atom. The van der Waals surface area contributed by atoms with E-state index in [1.807, 2.05) is 0 Å². The van der Waals surface area contributed by atoms with E-state index in [9.17, 15) is 14.0 Å². The van der Waals surface area contributed by atoms with Crippen LogP contribution in [-0.4, -0.2) is 46.6 Å². The van der Waals surface area contributed by atoms with Crippen molar-refractivity contribution in [2.45, 2.75) is 51.7 Å². The summed E-state index contributed by atoms with van der Waals surface area (Å²) in [5.74, 6) is -0.657. The van der Waals surface area contributed by atoms with Crippen molar-refractivity contribution in [1.29, 1.82) is 0 Å². The van der Waals surface area contributed by atoms with Gasteiger partial charge in [0.2, 0.25) is 0 Å². The lowest BCUT2D eigenvalue weighted by atomic mass is 10.0. The molecule has 1 aromatic carbocycles. The summed E-state index contributed by atoms with van der Waals surface area (Å²) in [6, 6.07) is 6.18. The lowest BCUT2D eigenvalue weighted by Gasteiger charge is -2.35. The Kier molecular flexibility index (Phi) is 7.13. The zero-order chi connectivity index (χ0) is 21.9. The van der Waals surface area contributed by atoms with Gasteiger partial charge in [0, 0.05) is 24.7 Å². The van der Waals surface area contributed by atoms with Gasteiger partial charge in [0.25, 0.3) is 5.91 Å². The summed E-state index contributed by atoms with van der Waals surface area (Å²) < 4.78 is 20.2. The van der Waals surface area contributed by atoms with Crippen molar-refractivity contribution in [2.24, 2.45) is 0 Å². The fraction of sp³-hybridized carbons (Fsp3) is 0.476. The van der Waals surface area contributed by atoms with Gasteiger partial charge in [-0.3, -0.25) is 4.79 Å². The predicted molar refractivity (Wildman–Crippen MR) is 118 cm³/mol. The van der Waals surface area contributed by atoms with E-state index >= 15 is 0 Å². The van der Waals surface area contributed by atoms with Crippen LogP contribution in [0, 0.1) is 5.82 Å². The number of nitrogens with zero attached hydrogens (tertiary/aromatic N) is 2. The molecule has 0 aliphatic carbocycles. The number of halogens is 2. The highest BCUT2D eigenvalue weighted by Gasteiger charge is 2.32. The molecule has 1 unspecified atom stereocenters. The summed E-state index contributed by atoms with van der Waals surface area (Å²) in [6.45, 7) is 6.25. The monoisotopic (exact) mass is 497 g/mol. The van der Waals surface area contributed by atoms with Crippen molar-refractivity contribution in [3.63, 3.8) is 0 Å². The average Bonchev–Trinajstić information content (AvgIpc) is 3.06. The van der Waals surface area contributed by atoms with Crippen LogP contribution in [0.5, 0.6) is 0 Å². The molecule has 2 aromatic rings. The molecule has 1 aromatic heterocycles. The minimum Gasteiger partial charge on any atom is -0.444 e. The smallest absolute Gasteiger partial charge is 0.407 e. The number of hydrogen-bond acceptors (Lipinski definition) is 5. The van der Waals surface area contributed by atoms with E-state index in [1.54, 1.807) is 43.9 Å². The highest BCUT2D eigenvalue weighted by atomic mass is 79.9. The molecule has 3 rings (SSSR count). The molecule has 30 heavy (non-hydrogen) atoms. The number of alkyl carbamates (subject to hydrolysis) is 1. The van der Waals surface area contributed by atoms with Crippen molar-refractivity contribution in [3.8, 4) is 10.4 Å². The quantitative estimate of drug-likeness (QED) is 0.627. The lowest BCUT2D eigenvalue weighted by Crippen LogP contribution is -2.50. The third-order valence-corrected chi connectivity index (χ3v) is 6.23. The maximum absolute atomic E-state index is 14.4. The largest absolute Gasteiger partial charge is 0.444 e. The first-order chi connectivity index (χ1) is 14.2. The van der Waals surface area contributed by atoms with Crippen molar-refractivity contribution < 1.29 is 18.7 Å². The average molecular weight is 498 g/mol. The molecule has 2 heterocycles. The summed E-state index contributed by atoms with van der Waals surface area (Å²) >= 11 is 4.56. The molecule has 0 radical (unpaired) electrons. The van der Waals surface area contributed by atoms with Crippen LogP contribution in [0.3, 0.4) is 0 Å². The van der Waals surface area contributed by atoms with Gasteiger partial charge in [-0.05, 0) is 62.0 Å². The van der Waals surface area contributed by atoms with Crippen molar-refractivity contribution >= 4 is 39.3 Å². The van der Waals surface area contributed by atoms with Gasteiger partial charge in [0.1, 0.15) is 17.1 Å². The van der Waals surface area contributed by atoms with Crippen molar-refractivity contribution in [1.82, 2.24) is 15.2 Å². The topological polar surface area (TPSA) is 71.5 Å². The van der Waals surface area contributed by atoms with Gasteiger partial charge >= 0.3 is 6.09 Å². The van der Waals surface area contributed by atoms with Crippen LogP contribution in [0.15, 0.2) is 28.2 Å². The first-order valence-electron chi connectivity index (χ1n) is 9.85. The van der Waals surface area contributed by atoms with Gasteiger partial charge in [0.15, 0.2) is 3.92 Å². The maximum atomic E-state index is 14.4. The van der Waals surface area contributed by atoms with E-state index in [0.29, 0.717) is 27.4 Å². The Morgan fingerprint density at radius 1 is 1.33 bits per heavy atom. The predicted octanol–water partition coefficient (Wildman–Crippen LogP) is 5.23. The molecule has 162 valence electrons. The number of rotatable bonds is 4. The van der Waals surface area contributed by atoms with E-state index in [0.717, 1.165) is 19.3 Å². The SMILES string of the molecule is CC(C)(C)OC(=O)NCC1CCCCN1C(=O)c1nc(Br)sc1-c1ccccc1F. The third-order valence-electron chi connectivity index (χ3n) is 4.69. The molecule has 1 N–H and O–H groups in total. The summed E-state index contributed by atoms with van der Waals surface area (Å²) in [5, 5.41) is 2.76. The van der Waals surface area contributed by atoms with Crippen LogP contribution >= 0.6 is 27.3 Å². The zero-order valence-electron chi connectivity index (χ0n) is 17.2. The number of thiazole rings is 1. The molecular formula is C21H25BrFN3O3S.